The zero-order chi connectivity index (χ0) is 23.9. The standard InChI is InChI=1S/C30H38O4/c1-29-16-14-22(31)18-21(29)9-10-23-24-11-12-26(30(24,2)17-15-25(23)29)27(32)19-34-28(33)13-8-20-6-4-3-5-7-20/h3-7,18,23-26H,8-17,19H2,1-2H3/t23-,24-,25-,26+,29-,30-/m0/s1. The number of aryl methyl sites for hydroxylation is 1. The SMILES string of the molecule is C[C@]12CC[C@H]3[C@@H](CCC4=CC(=O)CC[C@@]43C)[C@@H]1CC[C@@H]2C(=O)COC(=O)CCc1ccccc1. The lowest BCUT2D eigenvalue weighted by atomic mass is 9.46. The fraction of sp³-hybridized carbons (Fsp3) is 0.633. The van der Waals surface area contributed by atoms with Gasteiger partial charge in [0.2, 0.25) is 0 Å². The summed E-state index contributed by atoms with van der Waals surface area (Å²) in [7, 11) is 0. The second kappa shape index (κ2) is 9.09. The Labute approximate surface area is 203 Å². The number of allylic oxidation sites excluding steroid dienone is 1. The minimum absolute atomic E-state index is 0.00180. The number of rotatable bonds is 6. The van der Waals surface area contributed by atoms with Crippen molar-refractivity contribution < 1.29 is 19.1 Å². The fourth-order valence-electron chi connectivity index (χ4n) is 8.30. The smallest absolute Gasteiger partial charge is 0.306 e. The van der Waals surface area contributed by atoms with Crippen LogP contribution in [-0.2, 0) is 25.5 Å². The third kappa shape index (κ3) is 4.07. The largest absolute Gasteiger partial charge is 0.458 e. The molecule has 0 N–H and O–H groups in total. The molecule has 6 atom stereocenters. The van der Waals surface area contributed by atoms with Gasteiger partial charge in [-0.25, -0.2) is 0 Å². The van der Waals surface area contributed by atoms with Crippen LogP contribution in [0.15, 0.2) is 42.0 Å². The molecule has 4 aliphatic carbocycles. The van der Waals surface area contributed by atoms with Crippen LogP contribution in [0.1, 0.15) is 77.2 Å². The maximum Gasteiger partial charge on any atom is 0.306 e. The summed E-state index contributed by atoms with van der Waals surface area (Å²) >= 11 is 0. The van der Waals surface area contributed by atoms with Crippen LogP contribution in [0.25, 0.3) is 0 Å². The predicted octanol–water partition coefficient (Wildman–Crippen LogP) is 5.88. The number of esters is 1. The van der Waals surface area contributed by atoms with E-state index in [4.69, 9.17) is 4.74 Å². The van der Waals surface area contributed by atoms with E-state index in [1.54, 1.807) is 0 Å². The summed E-state index contributed by atoms with van der Waals surface area (Å²) < 4.78 is 5.44. The Kier molecular flexibility index (Phi) is 6.29. The highest BCUT2D eigenvalue weighted by atomic mass is 16.5. The van der Waals surface area contributed by atoms with Crippen molar-refractivity contribution in [2.75, 3.05) is 6.61 Å². The number of Topliss-reactive ketones (excluding diaryl/α,β-unsaturated/α-hetero) is 1. The zero-order valence-corrected chi connectivity index (χ0v) is 20.7. The van der Waals surface area contributed by atoms with E-state index in [9.17, 15) is 14.4 Å². The molecule has 0 radical (unpaired) electrons. The molecule has 0 amide bonds. The van der Waals surface area contributed by atoms with Crippen molar-refractivity contribution in [1.29, 1.82) is 0 Å². The Bertz CT molecular complexity index is 994. The Morgan fingerprint density at radius 2 is 1.76 bits per heavy atom. The summed E-state index contributed by atoms with van der Waals surface area (Å²) in [5, 5.41) is 0. The van der Waals surface area contributed by atoms with Crippen LogP contribution in [0.5, 0.6) is 0 Å². The summed E-state index contributed by atoms with van der Waals surface area (Å²) in [6.07, 6.45) is 11.0. The molecule has 34 heavy (non-hydrogen) atoms. The predicted molar refractivity (Wildman–Crippen MR) is 131 cm³/mol. The first-order valence-electron chi connectivity index (χ1n) is 13.3. The third-order valence-electron chi connectivity index (χ3n) is 10.2. The number of ether oxygens (including phenoxy) is 1. The van der Waals surface area contributed by atoms with Gasteiger partial charge in [0.05, 0.1) is 0 Å². The lowest BCUT2D eigenvalue weighted by Gasteiger charge is -2.58. The second-order valence-corrected chi connectivity index (χ2v) is 11.8. The van der Waals surface area contributed by atoms with Gasteiger partial charge in [0.15, 0.2) is 11.6 Å². The van der Waals surface area contributed by atoms with Gasteiger partial charge in [-0.3, -0.25) is 14.4 Å². The van der Waals surface area contributed by atoms with E-state index in [-0.39, 0.29) is 35.1 Å². The summed E-state index contributed by atoms with van der Waals surface area (Å²) in [4.78, 5) is 37.6. The van der Waals surface area contributed by atoms with E-state index in [1.807, 2.05) is 36.4 Å². The summed E-state index contributed by atoms with van der Waals surface area (Å²) in [5.74, 6) is 1.96. The maximum atomic E-state index is 13.2. The van der Waals surface area contributed by atoms with Crippen LogP contribution < -0.4 is 0 Å². The molecule has 4 heteroatoms. The Hall–Kier alpha value is -2.23. The number of benzene rings is 1. The van der Waals surface area contributed by atoms with Crippen LogP contribution in [0.3, 0.4) is 0 Å². The van der Waals surface area contributed by atoms with E-state index < -0.39 is 0 Å². The number of carbonyl (C=O) groups is 3. The molecule has 3 saturated carbocycles. The molecule has 182 valence electrons. The molecule has 5 rings (SSSR count). The average molecular weight is 463 g/mol. The molecule has 0 saturated heterocycles. The van der Waals surface area contributed by atoms with E-state index >= 15 is 0 Å². The quantitative estimate of drug-likeness (QED) is 0.495. The molecule has 1 aromatic carbocycles. The molecule has 0 bridgehead atoms. The normalized spacial score (nSPS) is 36.6. The summed E-state index contributed by atoms with van der Waals surface area (Å²) in [5.41, 5.74) is 2.67. The molecular weight excluding hydrogens is 424 g/mol. The van der Waals surface area contributed by atoms with Crippen molar-refractivity contribution in [1.82, 2.24) is 0 Å². The monoisotopic (exact) mass is 462 g/mol. The van der Waals surface area contributed by atoms with Crippen LogP contribution in [0, 0.1) is 34.5 Å². The van der Waals surface area contributed by atoms with E-state index in [0.717, 1.165) is 50.5 Å². The summed E-state index contributed by atoms with van der Waals surface area (Å²) in [6, 6.07) is 9.90. The highest BCUT2D eigenvalue weighted by molar-refractivity contribution is 5.91. The molecule has 0 aromatic heterocycles. The van der Waals surface area contributed by atoms with E-state index in [1.165, 1.54) is 5.57 Å². The van der Waals surface area contributed by atoms with E-state index in [2.05, 4.69) is 13.8 Å². The number of fused-ring (bicyclic) bond motifs is 5. The van der Waals surface area contributed by atoms with Gasteiger partial charge in [-0.2, -0.15) is 0 Å². The molecule has 0 spiro atoms. The molecule has 0 aliphatic heterocycles. The van der Waals surface area contributed by atoms with Gasteiger partial charge in [-0.05, 0) is 91.6 Å². The number of ketones is 2. The molecule has 4 nitrogen and oxygen atoms in total. The fourth-order valence-corrected chi connectivity index (χ4v) is 8.30. The molecule has 0 heterocycles. The van der Waals surface area contributed by atoms with Crippen LogP contribution in [0.4, 0.5) is 0 Å². The van der Waals surface area contributed by atoms with Gasteiger partial charge in [0, 0.05) is 18.8 Å². The van der Waals surface area contributed by atoms with Crippen LogP contribution in [-0.4, -0.2) is 24.1 Å². The molecular formula is C30H38O4. The Morgan fingerprint density at radius 3 is 2.56 bits per heavy atom. The van der Waals surface area contributed by atoms with Gasteiger partial charge < -0.3 is 4.74 Å². The van der Waals surface area contributed by atoms with Gasteiger partial charge in [0.1, 0.15) is 6.61 Å². The first-order chi connectivity index (χ1) is 16.3. The van der Waals surface area contributed by atoms with Crippen molar-refractivity contribution in [3.63, 3.8) is 0 Å². The van der Waals surface area contributed by atoms with Crippen LogP contribution >= 0.6 is 0 Å². The lowest BCUT2D eigenvalue weighted by Crippen LogP contribution is -2.51. The van der Waals surface area contributed by atoms with Crippen molar-refractivity contribution >= 4 is 17.5 Å². The van der Waals surface area contributed by atoms with Crippen molar-refractivity contribution in [3.8, 4) is 0 Å². The minimum atomic E-state index is -0.285. The molecule has 3 fully saturated rings. The van der Waals surface area contributed by atoms with Crippen molar-refractivity contribution in [2.24, 2.45) is 34.5 Å². The van der Waals surface area contributed by atoms with Gasteiger partial charge in [0.25, 0.3) is 0 Å². The topological polar surface area (TPSA) is 60.4 Å². The highest BCUT2D eigenvalue weighted by Crippen LogP contribution is 2.66. The van der Waals surface area contributed by atoms with E-state index in [0.29, 0.717) is 42.8 Å². The highest BCUT2D eigenvalue weighted by Gasteiger charge is 2.60. The van der Waals surface area contributed by atoms with Gasteiger partial charge in [-0.1, -0.05) is 49.8 Å². The van der Waals surface area contributed by atoms with Crippen molar-refractivity contribution in [3.05, 3.63) is 47.5 Å². The van der Waals surface area contributed by atoms with Gasteiger partial charge in [-0.15, -0.1) is 0 Å². The lowest BCUT2D eigenvalue weighted by molar-refractivity contribution is -0.151. The van der Waals surface area contributed by atoms with Crippen LogP contribution in [0.2, 0.25) is 0 Å². The first-order valence-corrected chi connectivity index (χ1v) is 13.3. The Balaban J connectivity index is 1.20. The summed E-state index contributed by atoms with van der Waals surface area (Å²) in [6.45, 7) is 4.65. The third-order valence-corrected chi connectivity index (χ3v) is 10.2. The number of hydrogen-bond acceptors (Lipinski definition) is 4. The second-order valence-electron chi connectivity index (χ2n) is 11.8. The van der Waals surface area contributed by atoms with Gasteiger partial charge >= 0.3 is 5.97 Å². The first kappa shape index (κ1) is 23.5. The Morgan fingerprint density at radius 1 is 0.971 bits per heavy atom. The minimum Gasteiger partial charge on any atom is -0.458 e. The molecule has 0 unspecified atom stereocenters. The number of hydrogen-bond donors (Lipinski definition) is 0. The molecule has 1 aromatic rings. The molecule has 4 aliphatic rings. The van der Waals surface area contributed by atoms with Crippen molar-refractivity contribution in [2.45, 2.75) is 78.1 Å². The maximum absolute atomic E-state index is 13.2. The zero-order valence-electron chi connectivity index (χ0n) is 20.7. The average Bonchev–Trinajstić information content (AvgIpc) is 3.19. The number of carbonyl (C=O) groups excluding carboxylic acids is 3.